The van der Waals surface area contributed by atoms with Crippen LogP contribution in [0.15, 0.2) is 127 Å². The molecule has 0 heterocycles. The first kappa shape index (κ1) is 31.0. The summed E-state index contributed by atoms with van der Waals surface area (Å²) in [6.07, 6.45) is 15.9. The normalized spacial score (nSPS) is 11.9. The van der Waals surface area contributed by atoms with Gasteiger partial charge in [0.25, 0.3) is 0 Å². The van der Waals surface area contributed by atoms with E-state index in [4.69, 9.17) is 0 Å². The van der Waals surface area contributed by atoms with E-state index >= 15 is 0 Å². The molecule has 3 aromatic rings. The fourth-order valence-electron chi connectivity index (χ4n) is 4.18. The van der Waals surface area contributed by atoms with Gasteiger partial charge in [-0.05, 0) is 73.0 Å². The van der Waals surface area contributed by atoms with Gasteiger partial charge in [-0.15, -0.1) is 0 Å². The molecule has 0 fully saturated rings. The van der Waals surface area contributed by atoms with Crippen LogP contribution in [0.2, 0.25) is 0 Å². The summed E-state index contributed by atoms with van der Waals surface area (Å²) in [6, 6.07) is 22.5. The van der Waals surface area contributed by atoms with Gasteiger partial charge in [-0.3, -0.25) is 0 Å². The number of nitrogens with one attached hydrogen (secondary N) is 2. The lowest BCUT2D eigenvalue weighted by molar-refractivity contribution is 0.281. The number of nitrogens with zero attached hydrogens (tertiary/aromatic N) is 1. The van der Waals surface area contributed by atoms with Crippen LogP contribution in [0.25, 0.3) is 12.2 Å². The summed E-state index contributed by atoms with van der Waals surface area (Å²) in [5, 5.41) is 26.2. The van der Waals surface area contributed by atoms with Crippen LogP contribution in [0.1, 0.15) is 25.0 Å². The van der Waals surface area contributed by atoms with Gasteiger partial charge in [-0.25, -0.2) is 0 Å². The Hall–Kier alpha value is -4.58. The Balaban J connectivity index is 1.84. The Morgan fingerprint density at radius 2 is 1.27 bits per heavy atom. The minimum atomic E-state index is -0.00763. The van der Waals surface area contributed by atoms with Gasteiger partial charge in [0.15, 0.2) is 0 Å². The highest BCUT2D eigenvalue weighted by Gasteiger charge is 2.10. The molecule has 41 heavy (non-hydrogen) atoms. The number of hydrogen-bond donors (Lipinski definition) is 4. The van der Waals surface area contributed by atoms with E-state index in [0.717, 1.165) is 50.7 Å². The van der Waals surface area contributed by atoms with Gasteiger partial charge in [0.1, 0.15) is 0 Å². The zero-order valence-electron chi connectivity index (χ0n) is 24.1. The summed E-state index contributed by atoms with van der Waals surface area (Å²) in [5.74, 6) is 0. The van der Waals surface area contributed by atoms with Gasteiger partial charge >= 0.3 is 0 Å². The predicted octanol–water partition coefficient (Wildman–Crippen LogP) is 8.26. The Morgan fingerprint density at radius 3 is 1.73 bits per heavy atom. The van der Waals surface area contributed by atoms with Gasteiger partial charge < -0.3 is 25.7 Å². The Kier molecular flexibility index (Phi) is 12.5. The molecule has 0 saturated heterocycles. The van der Waals surface area contributed by atoms with Crippen molar-refractivity contribution in [1.29, 1.82) is 0 Å². The molecule has 3 aromatic carbocycles. The van der Waals surface area contributed by atoms with Crippen molar-refractivity contribution < 1.29 is 10.2 Å². The van der Waals surface area contributed by atoms with Gasteiger partial charge in [0.05, 0.1) is 13.2 Å². The molecule has 0 spiro atoms. The van der Waals surface area contributed by atoms with E-state index in [1.165, 1.54) is 0 Å². The van der Waals surface area contributed by atoms with Crippen LogP contribution >= 0.6 is 0 Å². The molecule has 0 aromatic heterocycles. The second-order valence-corrected chi connectivity index (χ2v) is 9.58. The summed E-state index contributed by atoms with van der Waals surface area (Å²) in [6.45, 7) is 12.6. The minimum Gasteiger partial charge on any atom is -0.395 e. The van der Waals surface area contributed by atoms with E-state index in [-0.39, 0.29) is 13.2 Å². The third-order valence-electron chi connectivity index (χ3n) is 6.21. The predicted molar refractivity (Wildman–Crippen MR) is 178 cm³/mol. The quantitative estimate of drug-likeness (QED) is 0.144. The maximum atomic E-state index is 9.62. The van der Waals surface area contributed by atoms with Crippen molar-refractivity contribution in [2.75, 3.05) is 41.8 Å². The third kappa shape index (κ3) is 10.5. The van der Waals surface area contributed by atoms with Gasteiger partial charge in [0.2, 0.25) is 0 Å². The monoisotopic (exact) mass is 547 g/mol. The zero-order valence-corrected chi connectivity index (χ0v) is 24.1. The van der Waals surface area contributed by atoms with Gasteiger partial charge in [-0.2, -0.15) is 0 Å². The summed E-state index contributed by atoms with van der Waals surface area (Å²) < 4.78 is 0. The molecule has 212 valence electrons. The van der Waals surface area contributed by atoms with Crippen LogP contribution in [0.3, 0.4) is 0 Å². The van der Waals surface area contributed by atoms with Crippen molar-refractivity contribution in [2.24, 2.45) is 0 Å². The molecule has 0 amide bonds. The van der Waals surface area contributed by atoms with Crippen molar-refractivity contribution >= 4 is 40.6 Å². The third-order valence-corrected chi connectivity index (χ3v) is 6.21. The Labute approximate surface area is 244 Å². The lowest BCUT2D eigenvalue weighted by atomic mass is 10.1. The highest BCUT2D eigenvalue weighted by Crippen LogP contribution is 2.30. The van der Waals surface area contributed by atoms with E-state index in [0.29, 0.717) is 13.1 Å². The average molecular weight is 548 g/mol. The Morgan fingerprint density at radius 1 is 0.756 bits per heavy atom. The molecule has 0 aliphatic carbocycles. The van der Waals surface area contributed by atoms with E-state index in [1.54, 1.807) is 6.08 Å². The summed E-state index contributed by atoms with van der Waals surface area (Å²) in [7, 11) is 0. The second-order valence-electron chi connectivity index (χ2n) is 9.58. The standard InChI is InChI=1S/C36H41N3O2/c1-5-7-28(3)9-11-30-13-17-32(18-14-30)37-34-25-35(27-36(26-34)39(21-23-40)22-24-41)38-33-19-15-31(16-20-33)12-10-29(4)8-6-2/h5-20,25-27,37-38,40-41H,1,4,21-24H2,2-3H3/b8-6-,11-9+,12-10+,28-7+. The molecule has 0 atom stereocenters. The lowest BCUT2D eigenvalue weighted by Gasteiger charge is -2.25. The molecule has 3 rings (SSSR count). The molecular weight excluding hydrogens is 506 g/mol. The molecule has 0 saturated carbocycles. The lowest BCUT2D eigenvalue weighted by Crippen LogP contribution is -2.29. The van der Waals surface area contributed by atoms with Crippen molar-refractivity contribution in [2.45, 2.75) is 13.8 Å². The highest BCUT2D eigenvalue weighted by atomic mass is 16.3. The van der Waals surface area contributed by atoms with Crippen LogP contribution in [0.5, 0.6) is 0 Å². The average Bonchev–Trinajstić information content (AvgIpc) is 2.96. The summed E-state index contributed by atoms with van der Waals surface area (Å²) in [4.78, 5) is 1.97. The van der Waals surface area contributed by atoms with Crippen LogP contribution in [-0.4, -0.2) is 36.5 Å². The molecule has 0 aliphatic rings. The maximum absolute atomic E-state index is 9.62. The smallest absolute Gasteiger partial charge is 0.0606 e. The van der Waals surface area contributed by atoms with Crippen molar-refractivity contribution in [1.82, 2.24) is 0 Å². The van der Waals surface area contributed by atoms with Crippen LogP contribution in [0, 0.1) is 0 Å². The van der Waals surface area contributed by atoms with Crippen LogP contribution in [0.4, 0.5) is 28.4 Å². The van der Waals surface area contributed by atoms with E-state index in [2.05, 4.69) is 60.2 Å². The van der Waals surface area contributed by atoms with Gasteiger partial charge in [-0.1, -0.05) is 91.6 Å². The van der Waals surface area contributed by atoms with E-state index < -0.39 is 0 Å². The van der Waals surface area contributed by atoms with Crippen LogP contribution < -0.4 is 15.5 Å². The highest BCUT2D eigenvalue weighted by molar-refractivity contribution is 5.75. The number of hydrogen-bond acceptors (Lipinski definition) is 5. The number of aliphatic hydroxyl groups excluding tert-OH is 2. The van der Waals surface area contributed by atoms with Crippen molar-refractivity contribution in [3.8, 4) is 0 Å². The molecule has 5 heteroatoms. The molecular formula is C36H41N3O2. The topological polar surface area (TPSA) is 67.8 Å². The summed E-state index contributed by atoms with van der Waals surface area (Å²) >= 11 is 0. The number of rotatable bonds is 15. The maximum Gasteiger partial charge on any atom is 0.0606 e. The number of anilines is 5. The second kappa shape index (κ2) is 16.5. The molecule has 0 aliphatic heterocycles. The zero-order chi connectivity index (χ0) is 29.5. The van der Waals surface area contributed by atoms with Crippen molar-refractivity contribution in [3.05, 3.63) is 139 Å². The minimum absolute atomic E-state index is 0.00763. The SMILES string of the molecule is C=C/C=C(C)/C=C/c1ccc(Nc2cc(Nc3ccc(/C=C/C(=C)/C=C\C)cc3)cc(N(CCO)CCO)c2)cc1. The van der Waals surface area contributed by atoms with E-state index in [9.17, 15) is 10.2 Å². The van der Waals surface area contributed by atoms with Crippen LogP contribution in [-0.2, 0) is 0 Å². The fraction of sp³-hybridized carbons (Fsp3) is 0.167. The molecule has 0 bridgehead atoms. The molecule has 0 unspecified atom stereocenters. The summed E-state index contributed by atoms with van der Waals surface area (Å²) in [5.41, 5.74) is 8.84. The number of allylic oxidation sites excluding steroid dienone is 8. The van der Waals surface area contributed by atoms with Gasteiger partial charge in [0, 0.05) is 41.5 Å². The fourth-order valence-corrected chi connectivity index (χ4v) is 4.18. The Bertz CT molecular complexity index is 1390. The number of benzene rings is 3. The van der Waals surface area contributed by atoms with E-state index in [1.807, 2.05) is 91.6 Å². The first-order valence-corrected chi connectivity index (χ1v) is 13.8. The first-order chi connectivity index (χ1) is 19.9. The number of aliphatic hydroxyl groups is 2. The van der Waals surface area contributed by atoms with Crippen molar-refractivity contribution in [3.63, 3.8) is 0 Å². The molecule has 5 nitrogen and oxygen atoms in total. The first-order valence-electron chi connectivity index (χ1n) is 13.8. The molecule has 0 radical (unpaired) electrons. The molecule has 4 N–H and O–H groups in total. The largest absolute Gasteiger partial charge is 0.395 e.